The largest absolute Gasteiger partial charge is 0.376 e. The molecule has 0 spiro atoms. The Labute approximate surface area is 177 Å². The number of benzene rings is 3. The molecule has 0 aliphatic rings. The van der Waals surface area contributed by atoms with Crippen molar-refractivity contribution in [1.29, 1.82) is 0 Å². The summed E-state index contributed by atoms with van der Waals surface area (Å²) in [5, 5.41) is 6.03. The van der Waals surface area contributed by atoms with Gasteiger partial charge in [-0.3, -0.25) is 9.59 Å². The van der Waals surface area contributed by atoms with Crippen molar-refractivity contribution in [2.75, 3.05) is 28.6 Å². The number of hydrogen-bond donors (Lipinski definition) is 2. The maximum absolute atomic E-state index is 12.9. The molecule has 154 valence electrons. The fourth-order valence-electron chi connectivity index (χ4n) is 3.21. The molecule has 0 unspecified atom stereocenters. The highest BCUT2D eigenvalue weighted by molar-refractivity contribution is 6.06. The third kappa shape index (κ3) is 5.26. The third-order valence-corrected chi connectivity index (χ3v) is 4.88. The van der Waals surface area contributed by atoms with Gasteiger partial charge in [-0.25, -0.2) is 0 Å². The molecule has 5 nitrogen and oxygen atoms in total. The average molecular weight is 402 g/mol. The van der Waals surface area contributed by atoms with Crippen molar-refractivity contribution >= 4 is 28.9 Å². The first-order chi connectivity index (χ1) is 14.5. The van der Waals surface area contributed by atoms with Crippen LogP contribution in [0.3, 0.4) is 0 Å². The number of anilines is 3. The standard InChI is InChI=1S/C25H27N3O2/c1-4-28(22-8-6-5-7-9-22)25(30)20-12-14-21(15-13-20)27-24(29)17-26-23-16-18(2)10-11-19(23)3/h5-16,26H,4,17H2,1-3H3,(H,27,29). The molecule has 3 aromatic rings. The van der Waals surface area contributed by atoms with Crippen molar-refractivity contribution < 1.29 is 9.59 Å². The number of rotatable bonds is 7. The predicted octanol–water partition coefficient (Wildman–Crippen LogP) is 5.02. The van der Waals surface area contributed by atoms with E-state index in [4.69, 9.17) is 0 Å². The van der Waals surface area contributed by atoms with Crippen LogP contribution >= 0.6 is 0 Å². The molecule has 0 saturated carbocycles. The van der Waals surface area contributed by atoms with Gasteiger partial charge in [0.2, 0.25) is 5.91 Å². The molecule has 0 atom stereocenters. The summed E-state index contributed by atoms with van der Waals surface area (Å²) >= 11 is 0. The Bertz CT molecular complexity index is 1010. The normalized spacial score (nSPS) is 10.4. The molecule has 0 aliphatic heterocycles. The molecule has 2 N–H and O–H groups in total. The van der Waals surface area contributed by atoms with Crippen LogP contribution in [-0.2, 0) is 4.79 Å². The minimum Gasteiger partial charge on any atom is -0.376 e. The first-order valence-electron chi connectivity index (χ1n) is 10.1. The van der Waals surface area contributed by atoms with E-state index in [1.807, 2.05) is 69.3 Å². The van der Waals surface area contributed by atoms with Crippen LogP contribution in [0.1, 0.15) is 28.4 Å². The molecule has 0 fully saturated rings. The fraction of sp³-hybridized carbons (Fsp3) is 0.200. The van der Waals surface area contributed by atoms with E-state index >= 15 is 0 Å². The second kappa shape index (κ2) is 9.74. The lowest BCUT2D eigenvalue weighted by Gasteiger charge is -2.21. The minimum absolute atomic E-state index is 0.0711. The molecule has 2 amide bonds. The molecule has 0 bridgehead atoms. The van der Waals surface area contributed by atoms with E-state index in [1.54, 1.807) is 29.2 Å². The molecule has 0 aromatic heterocycles. The van der Waals surface area contributed by atoms with Crippen LogP contribution in [0.15, 0.2) is 72.8 Å². The van der Waals surface area contributed by atoms with Crippen molar-refractivity contribution in [3.63, 3.8) is 0 Å². The van der Waals surface area contributed by atoms with E-state index in [2.05, 4.69) is 10.6 Å². The summed E-state index contributed by atoms with van der Waals surface area (Å²) in [5.41, 5.74) is 5.27. The van der Waals surface area contributed by atoms with E-state index in [1.165, 1.54) is 0 Å². The lowest BCUT2D eigenvalue weighted by molar-refractivity contribution is -0.114. The van der Waals surface area contributed by atoms with E-state index in [0.717, 1.165) is 22.5 Å². The maximum atomic E-state index is 12.9. The molecule has 30 heavy (non-hydrogen) atoms. The first kappa shape index (κ1) is 21.1. The zero-order valence-corrected chi connectivity index (χ0v) is 17.6. The first-order valence-corrected chi connectivity index (χ1v) is 10.1. The highest BCUT2D eigenvalue weighted by atomic mass is 16.2. The Morgan fingerprint density at radius 1 is 0.900 bits per heavy atom. The van der Waals surface area contributed by atoms with Crippen LogP contribution in [0, 0.1) is 13.8 Å². The monoisotopic (exact) mass is 401 g/mol. The van der Waals surface area contributed by atoms with Gasteiger partial charge in [0.1, 0.15) is 0 Å². The lowest BCUT2D eigenvalue weighted by atomic mass is 10.1. The lowest BCUT2D eigenvalue weighted by Crippen LogP contribution is -2.30. The number of carbonyl (C=O) groups is 2. The molecular formula is C25H27N3O2. The van der Waals surface area contributed by atoms with Gasteiger partial charge in [-0.15, -0.1) is 0 Å². The van der Waals surface area contributed by atoms with Gasteiger partial charge in [0, 0.05) is 29.2 Å². The Balaban J connectivity index is 1.60. The zero-order chi connectivity index (χ0) is 21.5. The minimum atomic E-state index is -0.144. The fourth-order valence-corrected chi connectivity index (χ4v) is 3.21. The topological polar surface area (TPSA) is 61.4 Å². The van der Waals surface area contributed by atoms with Crippen molar-refractivity contribution in [3.05, 3.63) is 89.5 Å². The SMILES string of the molecule is CCN(C(=O)c1ccc(NC(=O)CNc2cc(C)ccc2C)cc1)c1ccccc1. The van der Waals surface area contributed by atoms with Crippen molar-refractivity contribution in [2.24, 2.45) is 0 Å². The molecule has 0 saturated heterocycles. The van der Waals surface area contributed by atoms with Gasteiger partial charge >= 0.3 is 0 Å². The number of carbonyl (C=O) groups excluding carboxylic acids is 2. The van der Waals surface area contributed by atoms with Gasteiger partial charge in [0.25, 0.3) is 5.91 Å². The van der Waals surface area contributed by atoms with Crippen LogP contribution in [0.5, 0.6) is 0 Å². The van der Waals surface area contributed by atoms with Crippen LogP contribution in [0.2, 0.25) is 0 Å². The molecule has 0 radical (unpaired) electrons. The number of nitrogens with zero attached hydrogens (tertiary/aromatic N) is 1. The second-order valence-corrected chi connectivity index (χ2v) is 7.18. The Kier molecular flexibility index (Phi) is 6.86. The van der Waals surface area contributed by atoms with Crippen LogP contribution in [0.25, 0.3) is 0 Å². The summed E-state index contributed by atoms with van der Waals surface area (Å²) in [4.78, 5) is 26.9. The van der Waals surface area contributed by atoms with Gasteiger partial charge in [-0.1, -0.05) is 30.3 Å². The van der Waals surface area contributed by atoms with Gasteiger partial charge < -0.3 is 15.5 Å². The summed E-state index contributed by atoms with van der Waals surface area (Å²) in [7, 11) is 0. The molecule has 3 rings (SSSR count). The molecule has 3 aromatic carbocycles. The second-order valence-electron chi connectivity index (χ2n) is 7.18. The van der Waals surface area contributed by atoms with Gasteiger partial charge in [0.05, 0.1) is 6.54 Å². The van der Waals surface area contributed by atoms with Gasteiger partial charge in [-0.2, -0.15) is 0 Å². The van der Waals surface area contributed by atoms with E-state index in [0.29, 0.717) is 17.8 Å². The van der Waals surface area contributed by atoms with Crippen molar-refractivity contribution in [3.8, 4) is 0 Å². The number of hydrogen-bond acceptors (Lipinski definition) is 3. The molecule has 5 heteroatoms. The van der Waals surface area contributed by atoms with Crippen LogP contribution in [0.4, 0.5) is 17.1 Å². The highest BCUT2D eigenvalue weighted by Gasteiger charge is 2.16. The predicted molar refractivity (Wildman–Crippen MR) is 123 cm³/mol. The summed E-state index contributed by atoms with van der Waals surface area (Å²) in [5.74, 6) is -0.215. The third-order valence-electron chi connectivity index (χ3n) is 4.88. The van der Waals surface area contributed by atoms with Gasteiger partial charge in [0.15, 0.2) is 0 Å². The molecular weight excluding hydrogens is 374 g/mol. The maximum Gasteiger partial charge on any atom is 0.258 e. The van der Waals surface area contributed by atoms with Crippen molar-refractivity contribution in [2.45, 2.75) is 20.8 Å². The van der Waals surface area contributed by atoms with Crippen molar-refractivity contribution in [1.82, 2.24) is 0 Å². The van der Waals surface area contributed by atoms with E-state index in [-0.39, 0.29) is 18.4 Å². The van der Waals surface area contributed by atoms with Crippen LogP contribution in [-0.4, -0.2) is 24.9 Å². The summed E-state index contributed by atoms with van der Waals surface area (Å²) in [6.07, 6.45) is 0. The van der Waals surface area contributed by atoms with Gasteiger partial charge in [-0.05, 0) is 74.4 Å². The summed E-state index contributed by atoms with van der Waals surface area (Å²) < 4.78 is 0. The quantitative estimate of drug-likeness (QED) is 0.584. The van der Waals surface area contributed by atoms with E-state index < -0.39 is 0 Å². The number of amides is 2. The molecule has 0 aliphatic carbocycles. The summed E-state index contributed by atoms with van der Waals surface area (Å²) in [6, 6.07) is 22.7. The smallest absolute Gasteiger partial charge is 0.258 e. The van der Waals surface area contributed by atoms with E-state index in [9.17, 15) is 9.59 Å². The molecule has 0 heterocycles. The average Bonchev–Trinajstić information content (AvgIpc) is 2.76. The Morgan fingerprint density at radius 3 is 2.27 bits per heavy atom. The zero-order valence-electron chi connectivity index (χ0n) is 17.6. The number of nitrogens with one attached hydrogen (secondary N) is 2. The summed E-state index contributed by atoms with van der Waals surface area (Å²) in [6.45, 7) is 6.71. The Morgan fingerprint density at radius 2 is 1.60 bits per heavy atom. The highest BCUT2D eigenvalue weighted by Crippen LogP contribution is 2.19. The Hall–Kier alpha value is -3.60. The number of para-hydroxylation sites is 1. The number of aryl methyl sites for hydroxylation is 2. The van der Waals surface area contributed by atoms with Crippen LogP contribution < -0.4 is 15.5 Å².